The van der Waals surface area contributed by atoms with Crippen LogP contribution in [0.1, 0.15) is 130 Å². The van der Waals surface area contributed by atoms with Crippen LogP contribution in [0.25, 0.3) is 11.0 Å². The minimum absolute atomic E-state index is 0.169. The Morgan fingerprint density at radius 1 is 0.902 bits per heavy atom. The number of hydrogen-bond acceptors (Lipinski definition) is 9. The lowest BCUT2D eigenvalue weighted by molar-refractivity contribution is -0.155. The molecule has 0 spiro atoms. The number of aliphatic hydroxyl groups is 2. The third-order valence-corrected chi connectivity index (χ3v) is 8.57. The zero-order valence-electron chi connectivity index (χ0n) is 31.7. The van der Waals surface area contributed by atoms with E-state index in [-0.39, 0.29) is 23.8 Å². The maximum absolute atomic E-state index is 13.2. The third kappa shape index (κ3) is 18.5. The summed E-state index contributed by atoms with van der Waals surface area (Å²) < 4.78 is 10.7. The summed E-state index contributed by atoms with van der Waals surface area (Å²) in [7, 11) is 0. The van der Waals surface area contributed by atoms with E-state index in [0.717, 1.165) is 62.3 Å². The summed E-state index contributed by atoms with van der Waals surface area (Å²) in [6.07, 6.45) is 13.4. The highest BCUT2D eigenvalue weighted by Gasteiger charge is 2.21. The summed E-state index contributed by atoms with van der Waals surface area (Å²) in [5, 5.41) is 31.3. The lowest BCUT2D eigenvalue weighted by Gasteiger charge is -2.22. The molecule has 0 saturated heterocycles. The summed E-state index contributed by atoms with van der Waals surface area (Å²) in [5.41, 5.74) is 0.672. The third-order valence-electron chi connectivity index (χ3n) is 8.57. The van der Waals surface area contributed by atoms with Gasteiger partial charge in [0.1, 0.15) is 17.2 Å². The minimum atomic E-state index is -0.758. The number of rotatable bonds is 24. The Hall–Kier alpha value is -3.54. The molecule has 2 aromatic rings. The molecule has 2 rings (SSSR count). The van der Waals surface area contributed by atoms with Crippen LogP contribution in [0.15, 0.2) is 45.6 Å². The van der Waals surface area contributed by atoms with Crippen LogP contribution in [-0.4, -0.2) is 64.4 Å². The van der Waals surface area contributed by atoms with E-state index in [2.05, 4.69) is 22.9 Å². The fourth-order valence-corrected chi connectivity index (χ4v) is 5.89. The van der Waals surface area contributed by atoms with Gasteiger partial charge in [-0.1, -0.05) is 64.0 Å². The van der Waals surface area contributed by atoms with E-state index < -0.39 is 29.5 Å². The normalized spacial score (nSPS) is 14.3. The highest BCUT2D eigenvalue weighted by atomic mass is 16.6. The summed E-state index contributed by atoms with van der Waals surface area (Å²) in [6, 6.07) is 5.42. The molecule has 1 aromatic heterocycles. The van der Waals surface area contributed by atoms with Gasteiger partial charge in [-0.2, -0.15) is 0 Å². The van der Waals surface area contributed by atoms with Gasteiger partial charge >= 0.3 is 11.6 Å². The average Bonchev–Trinajstić information content (AvgIpc) is 3.03. The van der Waals surface area contributed by atoms with Crippen molar-refractivity contribution in [3.8, 4) is 0 Å². The molecule has 4 atom stereocenters. The van der Waals surface area contributed by atoms with Crippen molar-refractivity contribution in [1.82, 2.24) is 10.6 Å². The molecule has 2 amide bonds. The van der Waals surface area contributed by atoms with Crippen LogP contribution in [0.3, 0.4) is 0 Å². The maximum atomic E-state index is 13.2. The monoisotopic (exact) mass is 713 g/mol. The Bertz CT molecular complexity index is 1450. The molecule has 0 fully saturated rings. The Morgan fingerprint density at radius 3 is 2.29 bits per heavy atom. The first kappa shape index (κ1) is 43.6. The van der Waals surface area contributed by atoms with Crippen molar-refractivity contribution < 1.29 is 33.8 Å². The van der Waals surface area contributed by atoms with E-state index in [0.29, 0.717) is 56.3 Å². The van der Waals surface area contributed by atoms with Crippen LogP contribution < -0.4 is 21.6 Å². The zero-order valence-corrected chi connectivity index (χ0v) is 31.7. The van der Waals surface area contributed by atoms with E-state index in [1.54, 1.807) is 24.3 Å². The molecule has 11 heteroatoms. The number of amides is 2. The molecule has 0 bridgehead atoms. The van der Waals surface area contributed by atoms with Crippen molar-refractivity contribution in [2.45, 2.75) is 161 Å². The minimum Gasteiger partial charge on any atom is -0.460 e. The van der Waals surface area contributed by atoms with Crippen molar-refractivity contribution in [3.05, 3.63) is 52.4 Å². The molecule has 51 heavy (non-hydrogen) atoms. The first-order valence-corrected chi connectivity index (χ1v) is 18.8. The number of anilines is 1. The number of carbonyl (C=O) groups excluding carboxylic acids is 3. The average molecular weight is 714 g/mol. The number of benzene rings is 1. The number of unbranched alkanes of at least 4 members (excludes halogenated alkanes) is 7. The zero-order chi connectivity index (χ0) is 37.8. The van der Waals surface area contributed by atoms with Crippen molar-refractivity contribution in [3.63, 3.8) is 0 Å². The smallest absolute Gasteiger partial charge is 0.336 e. The quantitative estimate of drug-likeness (QED) is 0.0348. The van der Waals surface area contributed by atoms with Gasteiger partial charge in [0, 0.05) is 36.6 Å². The number of fused-ring (bicyclic) bond motifs is 1. The maximum Gasteiger partial charge on any atom is 0.336 e. The van der Waals surface area contributed by atoms with Crippen LogP contribution in [0.4, 0.5) is 5.69 Å². The Morgan fingerprint density at radius 2 is 1.59 bits per heavy atom. The molecule has 286 valence electrons. The van der Waals surface area contributed by atoms with Crippen molar-refractivity contribution in [2.75, 3.05) is 11.9 Å². The number of nitrogens with one attached hydrogen (secondary N) is 3. The first-order chi connectivity index (χ1) is 24.2. The fourth-order valence-electron chi connectivity index (χ4n) is 5.89. The van der Waals surface area contributed by atoms with E-state index in [4.69, 9.17) is 9.15 Å². The van der Waals surface area contributed by atoms with Crippen molar-refractivity contribution in [1.29, 1.82) is 0 Å². The Balaban J connectivity index is 1.88. The fraction of sp³-hybridized carbons (Fsp3) is 0.650. The van der Waals surface area contributed by atoms with E-state index in [9.17, 15) is 29.4 Å². The van der Waals surface area contributed by atoms with Gasteiger partial charge in [0.25, 0.3) is 0 Å². The summed E-state index contributed by atoms with van der Waals surface area (Å²) >= 11 is 0. The highest BCUT2D eigenvalue weighted by Crippen LogP contribution is 2.21. The van der Waals surface area contributed by atoms with Crippen molar-refractivity contribution >= 4 is 34.4 Å². The van der Waals surface area contributed by atoms with E-state index in [1.807, 2.05) is 33.8 Å². The van der Waals surface area contributed by atoms with Gasteiger partial charge < -0.3 is 35.3 Å². The second-order valence-electron chi connectivity index (χ2n) is 14.6. The summed E-state index contributed by atoms with van der Waals surface area (Å²) in [4.78, 5) is 48.8. The standard InChI is InChI=1S/C40H63N3O8/c1-7-8-12-17-31(45)22-24-33(35(46)19-13-10-9-11-14-20-37(47)51-40(4,5)6)41-25-16-15-18-34(42-29(3)44)39(49)43-30-21-23-32-28(2)26-38(48)50-36(32)27-30/h21-24,26-27,31,33-35,41,45-46H,7-20,25H2,1-6H3,(H,42,44)(H,43,49)/b24-22+/t31-,33-,34?,35-/m0/s1. The lowest BCUT2D eigenvalue weighted by atomic mass is 10.0. The summed E-state index contributed by atoms with van der Waals surface area (Å²) in [5.74, 6) is -0.856. The second-order valence-corrected chi connectivity index (χ2v) is 14.6. The molecule has 5 N–H and O–H groups in total. The molecule has 11 nitrogen and oxygen atoms in total. The van der Waals surface area contributed by atoms with Crippen LogP contribution in [-0.2, 0) is 19.1 Å². The van der Waals surface area contributed by atoms with Gasteiger partial charge in [-0.3, -0.25) is 14.4 Å². The molecule has 0 saturated carbocycles. The molecule has 1 heterocycles. The largest absolute Gasteiger partial charge is 0.460 e. The topological polar surface area (TPSA) is 167 Å². The van der Waals surface area contributed by atoms with Gasteiger partial charge in [-0.15, -0.1) is 0 Å². The summed E-state index contributed by atoms with van der Waals surface area (Å²) in [6.45, 7) is 11.5. The number of aryl methyl sites for hydroxylation is 1. The van der Waals surface area contributed by atoms with E-state index >= 15 is 0 Å². The molecule has 0 radical (unpaired) electrons. The lowest BCUT2D eigenvalue weighted by Crippen LogP contribution is -2.43. The molecule has 0 aliphatic heterocycles. The predicted molar refractivity (Wildman–Crippen MR) is 203 cm³/mol. The van der Waals surface area contributed by atoms with Crippen LogP contribution >= 0.6 is 0 Å². The van der Waals surface area contributed by atoms with Crippen molar-refractivity contribution in [2.24, 2.45) is 0 Å². The highest BCUT2D eigenvalue weighted by molar-refractivity contribution is 5.98. The predicted octanol–water partition coefficient (Wildman–Crippen LogP) is 6.60. The number of esters is 1. The Kier molecular flexibility index (Phi) is 19.8. The van der Waals surface area contributed by atoms with Crippen LogP contribution in [0, 0.1) is 6.92 Å². The first-order valence-electron chi connectivity index (χ1n) is 18.8. The second kappa shape index (κ2) is 23.1. The molecular weight excluding hydrogens is 650 g/mol. The van der Waals surface area contributed by atoms with Gasteiger partial charge in [-0.25, -0.2) is 4.79 Å². The van der Waals surface area contributed by atoms with Gasteiger partial charge in [0.15, 0.2) is 0 Å². The van der Waals surface area contributed by atoms with Crippen LogP contribution in [0.2, 0.25) is 0 Å². The number of hydrogen-bond donors (Lipinski definition) is 5. The number of aliphatic hydroxyl groups excluding tert-OH is 2. The van der Waals surface area contributed by atoms with Gasteiger partial charge in [0.05, 0.1) is 18.2 Å². The van der Waals surface area contributed by atoms with E-state index in [1.165, 1.54) is 13.0 Å². The molecule has 1 unspecified atom stereocenters. The van der Waals surface area contributed by atoms with Crippen LogP contribution in [0.5, 0.6) is 0 Å². The molecule has 1 aromatic carbocycles. The molecule has 0 aliphatic carbocycles. The van der Waals surface area contributed by atoms with Gasteiger partial charge in [0.2, 0.25) is 11.8 Å². The number of ether oxygens (including phenoxy) is 1. The SMILES string of the molecule is CCCCC[C@H](O)/C=C/[C@H](NCCCCC(NC(C)=O)C(=O)Nc1ccc2c(C)cc(=O)oc2c1)[C@@H](O)CCCCCCCC(=O)OC(C)(C)C. The Labute approximate surface area is 304 Å². The number of carbonyl (C=O) groups is 3. The molecule has 0 aliphatic rings. The molecular formula is C40H63N3O8. The van der Waals surface area contributed by atoms with Gasteiger partial charge in [-0.05, 0) is 90.5 Å².